The van der Waals surface area contributed by atoms with Crippen LogP contribution >= 0.6 is 0 Å². The summed E-state index contributed by atoms with van der Waals surface area (Å²) in [6, 6.07) is 1.19. The minimum atomic E-state index is -0.654. The maximum Gasteiger partial charge on any atom is 0.287 e. The summed E-state index contributed by atoms with van der Waals surface area (Å²) in [7, 11) is 1.55. The summed E-state index contributed by atoms with van der Waals surface area (Å²) in [5.41, 5.74) is 0.0528. The van der Waals surface area contributed by atoms with Crippen molar-refractivity contribution in [1.82, 2.24) is 9.88 Å². The number of aromatic nitrogens is 1. The van der Waals surface area contributed by atoms with Crippen molar-refractivity contribution in [1.29, 1.82) is 0 Å². The van der Waals surface area contributed by atoms with Crippen LogP contribution in [-0.4, -0.2) is 33.2 Å². The van der Waals surface area contributed by atoms with Gasteiger partial charge in [-0.3, -0.25) is 14.9 Å². The smallest absolute Gasteiger partial charge is 0.287 e. The van der Waals surface area contributed by atoms with E-state index in [1.54, 1.807) is 7.05 Å². The molecular formula is C9H13N3O4. The molecule has 2 N–H and O–H groups in total. The molecule has 0 bridgehead atoms. The van der Waals surface area contributed by atoms with E-state index in [2.05, 4.69) is 5.32 Å². The van der Waals surface area contributed by atoms with E-state index in [-0.39, 0.29) is 17.9 Å². The molecule has 0 spiro atoms. The van der Waals surface area contributed by atoms with E-state index in [4.69, 9.17) is 5.11 Å². The lowest BCUT2D eigenvalue weighted by molar-refractivity contribution is -0.384. The molecule has 0 radical (unpaired) electrons. The van der Waals surface area contributed by atoms with Crippen molar-refractivity contribution in [3.8, 4) is 0 Å². The van der Waals surface area contributed by atoms with Crippen LogP contribution in [0.3, 0.4) is 0 Å². The second-order valence-corrected chi connectivity index (χ2v) is 3.51. The largest absolute Gasteiger partial charge is 0.392 e. The normalized spacial score (nSPS) is 12.2. The van der Waals surface area contributed by atoms with Gasteiger partial charge in [0.15, 0.2) is 0 Å². The highest BCUT2D eigenvalue weighted by atomic mass is 16.6. The van der Waals surface area contributed by atoms with Crippen LogP contribution in [-0.2, 0) is 7.05 Å². The molecule has 0 saturated heterocycles. The molecule has 1 aromatic rings. The van der Waals surface area contributed by atoms with Crippen LogP contribution in [0.5, 0.6) is 0 Å². The number of hydrogen-bond acceptors (Lipinski definition) is 4. The van der Waals surface area contributed by atoms with Gasteiger partial charge in [-0.25, -0.2) is 0 Å². The van der Waals surface area contributed by atoms with Gasteiger partial charge in [0, 0.05) is 19.7 Å². The van der Waals surface area contributed by atoms with E-state index in [1.165, 1.54) is 23.8 Å². The third kappa shape index (κ3) is 2.80. The topological polar surface area (TPSA) is 97.4 Å². The van der Waals surface area contributed by atoms with Crippen molar-refractivity contribution >= 4 is 11.6 Å². The highest BCUT2D eigenvalue weighted by Gasteiger charge is 2.17. The molecule has 7 nitrogen and oxygen atoms in total. The van der Waals surface area contributed by atoms with Gasteiger partial charge in [0.05, 0.1) is 17.2 Å². The molecule has 1 rings (SSSR count). The molecule has 1 heterocycles. The van der Waals surface area contributed by atoms with Crippen molar-refractivity contribution in [2.75, 3.05) is 6.54 Å². The molecule has 1 aromatic heterocycles. The molecule has 0 aliphatic carbocycles. The van der Waals surface area contributed by atoms with Crippen LogP contribution in [0.2, 0.25) is 0 Å². The summed E-state index contributed by atoms with van der Waals surface area (Å²) in [6.07, 6.45) is 0.608. The molecule has 0 aliphatic heterocycles. The zero-order valence-electron chi connectivity index (χ0n) is 9.01. The lowest BCUT2D eigenvalue weighted by atomic mass is 10.3. The van der Waals surface area contributed by atoms with E-state index in [0.717, 1.165) is 0 Å². The van der Waals surface area contributed by atoms with E-state index in [1.807, 2.05) is 0 Å². The number of amides is 1. The van der Waals surface area contributed by atoms with E-state index < -0.39 is 16.9 Å². The number of nitrogens with zero attached hydrogens (tertiary/aromatic N) is 2. The molecule has 0 aromatic carbocycles. The molecule has 16 heavy (non-hydrogen) atoms. The lowest BCUT2D eigenvalue weighted by Crippen LogP contribution is -2.31. The van der Waals surface area contributed by atoms with Crippen molar-refractivity contribution in [3.63, 3.8) is 0 Å². The second-order valence-electron chi connectivity index (χ2n) is 3.51. The fourth-order valence-corrected chi connectivity index (χ4v) is 1.20. The molecule has 0 aliphatic rings. The number of hydrogen-bond donors (Lipinski definition) is 2. The van der Waals surface area contributed by atoms with Crippen LogP contribution in [0, 0.1) is 10.1 Å². The van der Waals surface area contributed by atoms with Crippen LogP contribution in [0.25, 0.3) is 0 Å². The highest BCUT2D eigenvalue weighted by molar-refractivity contribution is 5.93. The monoisotopic (exact) mass is 227 g/mol. The number of rotatable bonds is 4. The Morgan fingerprint density at radius 1 is 1.75 bits per heavy atom. The van der Waals surface area contributed by atoms with Crippen LogP contribution in [0.1, 0.15) is 17.4 Å². The molecule has 1 amide bonds. The van der Waals surface area contributed by atoms with Crippen LogP contribution in [0.4, 0.5) is 5.69 Å². The van der Waals surface area contributed by atoms with Gasteiger partial charge in [0.2, 0.25) is 0 Å². The third-order valence-electron chi connectivity index (χ3n) is 1.99. The Morgan fingerprint density at radius 3 is 2.81 bits per heavy atom. The van der Waals surface area contributed by atoms with Crippen LogP contribution in [0.15, 0.2) is 12.3 Å². The Bertz CT molecular complexity index is 411. The quantitative estimate of drug-likeness (QED) is 0.560. The van der Waals surface area contributed by atoms with Crippen molar-refractivity contribution in [2.24, 2.45) is 7.05 Å². The zero-order valence-corrected chi connectivity index (χ0v) is 9.01. The number of aliphatic hydroxyl groups excluding tert-OH is 1. The van der Waals surface area contributed by atoms with Gasteiger partial charge in [-0.05, 0) is 6.92 Å². The number of nitro groups is 1. The Kier molecular flexibility index (Phi) is 3.62. The number of aryl methyl sites for hydroxylation is 1. The first-order valence-corrected chi connectivity index (χ1v) is 4.69. The number of nitrogens with one attached hydrogen (secondary N) is 1. The van der Waals surface area contributed by atoms with Gasteiger partial charge in [-0.15, -0.1) is 0 Å². The number of carbonyl (C=O) groups excluding carboxylic acids is 1. The average Bonchev–Trinajstić information content (AvgIpc) is 2.57. The SMILES string of the molecule is C[C@H](O)CNC(=O)c1cc([N+](=O)[O-])cn1C. The Balaban J connectivity index is 2.79. The van der Waals surface area contributed by atoms with Gasteiger partial charge in [-0.1, -0.05) is 0 Å². The molecule has 0 fully saturated rings. The van der Waals surface area contributed by atoms with Gasteiger partial charge in [0.25, 0.3) is 11.6 Å². The standard InChI is InChI=1S/C9H13N3O4/c1-6(13)4-10-9(14)8-3-7(12(15)16)5-11(8)2/h3,5-6,13H,4H2,1-2H3,(H,10,14)/t6-/m0/s1. The highest BCUT2D eigenvalue weighted by Crippen LogP contribution is 2.14. The predicted octanol–water partition coefficient (Wildman–Crippen LogP) is 0.0439. The Labute approximate surface area is 91.8 Å². The predicted molar refractivity (Wildman–Crippen MR) is 56.1 cm³/mol. The molecule has 0 saturated carbocycles. The molecule has 0 unspecified atom stereocenters. The number of aliphatic hydroxyl groups is 1. The van der Waals surface area contributed by atoms with Crippen molar-refractivity contribution < 1.29 is 14.8 Å². The first-order valence-electron chi connectivity index (χ1n) is 4.69. The first-order chi connectivity index (χ1) is 7.41. The fraction of sp³-hybridized carbons (Fsp3) is 0.444. The minimum absolute atomic E-state index is 0.109. The van der Waals surface area contributed by atoms with Gasteiger partial charge >= 0.3 is 0 Å². The minimum Gasteiger partial charge on any atom is -0.392 e. The molecule has 7 heteroatoms. The maximum absolute atomic E-state index is 11.5. The Morgan fingerprint density at radius 2 is 2.38 bits per heavy atom. The molecular weight excluding hydrogens is 214 g/mol. The summed E-state index contributed by atoms with van der Waals surface area (Å²) < 4.78 is 1.37. The average molecular weight is 227 g/mol. The number of carbonyl (C=O) groups is 1. The lowest BCUT2D eigenvalue weighted by Gasteiger charge is -2.06. The van der Waals surface area contributed by atoms with Gasteiger partial charge in [0.1, 0.15) is 5.69 Å². The van der Waals surface area contributed by atoms with E-state index in [9.17, 15) is 14.9 Å². The van der Waals surface area contributed by atoms with Crippen molar-refractivity contribution in [3.05, 3.63) is 28.1 Å². The van der Waals surface area contributed by atoms with Gasteiger partial charge in [-0.2, -0.15) is 0 Å². The molecule has 1 atom stereocenters. The fourth-order valence-electron chi connectivity index (χ4n) is 1.20. The van der Waals surface area contributed by atoms with Crippen LogP contribution < -0.4 is 5.32 Å². The summed E-state index contributed by atoms with van der Waals surface area (Å²) in [5.74, 6) is -0.448. The van der Waals surface area contributed by atoms with Gasteiger partial charge < -0.3 is 15.0 Å². The maximum atomic E-state index is 11.5. The summed E-state index contributed by atoms with van der Waals surface area (Å²) in [5, 5.41) is 21.9. The molecule has 88 valence electrons. The van der Waals surface area contributed by atoms with E-state index >= 15 is 0 Å². The first kappa shape index (κ1) is 12.2. The Hall–Kier alpha value is -1.89. The van der Waals surface area contributed by atoms with E-state index in [0.29, 0.717) is 0 Å². The third-order valence-corrected chi connectivity index (χ3v) is 1.99. The summed E-state index contributed by atoms with van der Waals surface area (Å²) in [4.78, 5) is 21.5. The second kappa shape index (κ2) is 4.75. The summed E-state index contributed by atoms with van der Waals surface area (Å²) >= 11 is 0. The zero-order chi connectivity index (χ0) is 12.3. The van der Waals surface area contributed by atoms with Crippen molar-refractivity contribution in [2.45, 2.75) is 13.0 Å². The summed E-state index contributed by atoms with van der Waals surface area (Å²) in [6.45, 7) is 1.64.